The van der Waals surface area contributed by atoms with Gasteiger partial charge in [-0.3, -0.25) is 4.68 Å². The predicted molar refractivity (Wildman–Crippen MR) is 41.2 cm³/mol. The number of nitrogens with zero attached hydrogens (tertiary/aromatic N) is 2. The molecule has 3 heteroatoms. The van der Waals surface area contributed by atoms with Crippen LogP contribution in [0, 0.1) is 6.92 Å². The molecule has 0 saturated heterocycles. The number of aliphatic hydroxyl groups excluding tert-OH is 1. The highest BCUT2D eigenvalue weighted by Gasteiger charge is 2.26. The molecule has 0 spiro atoms. The van der Waals surface area contributed by atoms with Crippen LogP contribution in [0.25, 0.3) is 0 Å². The Kier molecular flexibility index (Phi) is 1.46. The second-order valence-corrected chi connectivity index (χ2v) is 3.11. The Morgan fingerprint density at radius 1 is 1.73 bits per heavy atom. The van der Waals surface area contributed by atoms with E-state index in [-0.39, 0.29) is 6.61 Å². The van der Waals surface area contributed by atoms with Gasteiger partial charge in [0, 0.05) is 0 Å². The van der Waals surface area contributed by atoms with Crippen LogP contribution in [0.2, 0.25) is 0 Å². The first-order valence-corrected chi connectivity index (χ1v) is 3.97. The molecule has 1 aromatic heterocycles. The molecule has 1 aromatic rings. The summed E-state index contributed by atoms with van der Waals surface area (Å²) in [6, 6.07) is 2.52. The first-order valence-electron chi connectivity index (χ1n) is 3.97. The molecule has 11 heavy (non-hydrogen) atoms. The second kappa shape index (κ2) is 2.34. The maximum atomic E-state index is 8.95. The maximum Gasteiger partial charge on any atom is 0.0850 e. The number of aromatic nitrogens is 2. The lowest BCUT2D eigenvalue weighted by molar-refractivity contribution is 0.268. The summed E-state index contributed by atoms with van der Waals surface area (Å²) in [6.07, 6.45) is 2.43. The van der Waals surface area contributed by atoms with E-state index < -0.39 is 0 Å². The van der Waals surface area contributed by atoms with Crippen LogP contribution in [0.3, 0.4) is 0 Å². The number of aryl methyl sites for hydroxylation is 1. The number of aliphatic hydroxyl groups is 1. The van der Waals surface area contributed by atoms with Gasteiger partial charge in [0.2, 0.25) is 0 Å². The van der Waals surface area contributed by atoms with Gasteiger partial charge in [0.25, 0.3) is 0 Å². The predicted octanol–water partition coefficient (Wildman–Crippen LogP) is 1.02. The highest BCUT2D eigenvalue weighted by atomic mass is 16.3. The van der Waals surface area contributed by atoms with Crippen LogP contribution < -0.4 is 0 Å². The summed E-state index contributed by atoms with van der Waals surface area (Å²) in [5.41, 5.74) is 1.95. The third-order valence-corrected chi connectivity index (χ3v) is 1.99. The molecule has 1 aliphatic carbocycles. The Morgan fingerprint density at radius 2 is 2.45 bits per heavy atom. The van der Waals surface area contributed by atoms with Gasteiger partial charge in [0.05, 0.1) is 24.0 Å². The minimum atomic E-state index is 0.108. The fourth-order valence-electron chi connectivity index (χ4n) is 1.32. The lowest BCUT2D eigenvalue weighted by atomic mass is 10.4. The van der Waals surface area contributed by atoms with Gasteiger partial charge >= 0.3 is 0 Å². The molecule has 0 aliphatic heterocycles. The molecule has 3 nitrogen and oxygen atoms in total. The molecule has 0 radical (unpaired) electrons. The summed E-state index contributed by atoms with van der Waals surface area (Å²) in [5, 5.41) is 13.2. The van der Waals surface area contributed by atoms with Crippen molar-refractivity contribution in [2.75, 3.05) is 0 Å². The largest absolute Gasteiger partial charge is 0.390 e. The average molecular weight is 152 g/mol. The van der Waals surface area contributed by atoms with Gasteiger partial charge in [0.15, 0.2) is 0 Å². The lowest BCUT2D eigenvalue weighted by Gasteiger charge is -2.00. The topological polar surface area (TPSA) is 38.0 Å². The molecule has 2 rings (SSSR count). The highest BCUT2D eigenvalue weighted by Crippen LogP contribution is 2.35. The minimum Gasteiger partial charge on any atom is -0.390 e. The Labute approximate surface area is 65.7 Å². The summed E-state index contributed by atoms with van der Waals surface area (Å²) in [4.78, 5) is 0. The van der Waals surface area contributed by atoms with Crippen LogP contribution in [0.1, 0.15) is 30.3 Å². The van der Waals surface area contributed by atoms with E-state index in [9.17, 15) is 0 Å². The molecular weight excluding hydrogens is 140 g/mol. The molecule has 60 valence electrons. The summed E-state index contributed by atoms with van der Waals surface area (Å²) in [6.45, 7) is 2.06. The van der Waals surface area contributed by atoms with E-state index in [4.69, 9.17) is 5.11 Å². The average Bonchev–Trinajstić information content (AvgIpc) is 2.75. The summed E-state index contributed by atoms with van der Waals surface area (Å²) in [7, 11) is 0. The van der Waals surface area contributed by atoms with Crippen molar-refractivity contribution >= 4 is 0 Å². The van der Waals surface area contributed by atoms with Crippen molar-refractivity contribution in [3.63, 3.8) is 0 Å². The quantitative estimate of drug-likeness (QED) is 0.687. The molecule has 1 aliphatic rings. The second-order valence-electron chi connectivity index (χ2n) is 3.11. The fraction of sp³-hybridized carbons (Fsp3) is 0.625. The zero-order chi connectivity index (χ0) is 7.84. The van der Waals surface area contributed by atoms with E-state index in [1.165, 1.54) is 12.8 Å². The van der Waals surface area contributed by atoms with Gasteiger partial charge in [-0.15, -0.1) is 0 Å². The maximum absolute atomic E-state index is 8.95. The van der Waals surface area contributed by atoms with E-state index in [0.29, 0.717) is 6.04 Å². The first-order chi connectivity index (χ1) is 5.31. The molecule has 1 N–H and O–H groups in total. The summed E-state index contributed by atoms with van der Waals surface area (Å²) >= 11 is 0. The standard InChI is InChI=1S/C8H12N2O/c1-6-4-8(5-11)10(9-6)7-2-3-7/h4,7,11H,2-3,5H2,1H3. The van der Waals surface area contributed by atoms with Crippen LogP contribution in [0.5, 0.6) is 0 Å². The minimum absolute atomic E-state index is 0.108. The molecule has 1 heterocycles. The Morgan fingerprint density at radius 3 is 3.00 bits per heavy atom. The van der Waals surface area contributed by atoms with Crippen LogP contribution in [0.15, 0.2) is 6.07 Å². The zero-order valence-electron chi connectivity index (χ0n) is 6.62. The van der Waals surface area contributed by atoms with Gasteiger partial charge in [0.1, 0.15) is 0 Å². The van der Waals surface area contributed by atoms with Gasteiger partial charge in [-0.1, -0.05) is 0 Å². The third-order valence-electron chi connectivity index (χ3n) is 1.99. The molecule has 0 unspecified atom stereocenters. The monoisotopic (exact) mass is 152 g/mol. The summed E-state index contributed by atoms with van der Waals surface area (Å²) in [5.74, 6) is 0. The number of hydrogen-bond donors (Lipinski definition) is 1. The van der Waals surface area contributed by atoms with Gasteiger partial charge in [-0.2, -0.15) is 5.10 Å². The molecular formula is C8H12N2O. The molecule has 0 amide bonds. The molecule has 0 atom stereocenters. The normalized spacial score (nSPS) is 17.3. The third kappa shape index (κ3) is 1.16. The van der Waals surface area contributed by atoms with Crippen molar-refractivity contribution in [3.05, 3.63) is 17.5 Å². The Hall–Kier alpha value is -0.830. The van der Waals surface area contributed by atoms with Crippen LogP contribution in [-0.2, 0) is 6.61 Å². The van der Waals surface area contributed by atoms with E-state index in [1.54, 1.807) is 0 Å². The lowest BCUT2D eigenvalue weighted by Crippen LogP contribution is -2.01. The van der Waals surface area contributed by atoms with Crippen molar-refractivity contribution in [2.45, 2.75) is 32.4 Å². The molecule has 1 fully saturated rings. The zero-order valence-corrected chi connectivity index (χ0v) is 6.62. The molecule has 0 bridgehead atoms. The first kappa shape index (κ1) is 6.85. The van der Waals surface area contributed by atoms with Crippen molar-refractivity contribution in [2.24, 2.45) is 0 Å². The Bertz CT molecular complexity index is 263. The van der Waals surface area contributed by atoms with Crippen LogP contribution in [-0.4, -0.2) is 14.9 Å². The van der Waals surface area contributed by atoms with E-state index >= 15 is 0 Å². The SMILES string of the molecule is Cc1cc(CO)n(C2CC2)n1. The van der Waals surface area contributed by atoms with E-state index in [0.717, 1.165) is 11.4 Å². The van der Waals surface area contributed by atoms with Gasteiger partial charge in [-0.05, 0) is 25.8 Å². The number of rotatable bonds is 2. The van der Waals surface area contributed by atoms with Crippen molar-refractivity contribution in [1.82, 2.24) is 9.78 Å². The van der Waals surface area contributed by atoms with Crippen LogP contribution in [0.4, 0.5) is 0 Å². The summed E-state index contributed by atoms with van der Waals surface area (Å²) < 4.78 is 1.95. The molecule has 0 aromatic carbocycles. The van der Waals surface area contributed by atoms with Crippen molar-refractivity contribution in [3.8, 4) is 0 Å². The van der Waals surface area contributed by atoms with Gasteiger partial charge < -0.3 is 5.11 Å². The number of hydrogen-bond acceptors (Lipinski definition) is 2. The van der Waals surface area contributed by atoms with Crippen LogP contribution >= 0.6 is 0 Å². The van der Waals surface area contributed by atoms with Crippen molar-refractivity contribution < 1.29 is 5.11 Å². The van der Waals surface area contributed by atoms with Gasteiger partial charge in [-0.25, -0.2) is 0 Å². The van der Waals surface area contributed by atoms with E-state index in [1.807, 2.05) is 17.7 Å². The van der Waals surface area contributed by atoms with E-state index in [2.05, 4.69) is 5.10 Å². The molecule has 1 saturated carbocycles. The highest BCUT2D eigenvalue weighted by molar-refractivity contribution is 5.10. The fourth-order valence-corrected chi connectivity index (χ4v) is 1.32. The Balaban J connectivity index is 2.34. The smallest absolute Gasteiger partial charge is 0.0850 e. The van der Waals surface area contributed by atoms with Crippen molar-refractivity contribution in [1.29, 1.82) is 0 Å².